The lowest BCUT2D eigenvalue weighted by Gasteiger charge is -2.08. The van der Waals surface area contributed by atoms with Crippen LogP contribution in [0.2, 0.25) is 5.02 Å². The monoisotopic (exact) mass is 479 g/mol. The van der Waals surface area contributed by atoms with E-state index >= 15 is 0 Å². The van der Waals surface area contributed by atoms with Crippen molar-refractivity contribution >= 4 is 41.3 Å². The van der Waals surface area contributed by atoms with E-state index in [1.165, 1.54) is 6.21 Å². The average molecular weight is 480 g/mol. The SMILES string of the molecule is CCOc1ccc(C(=O)Oc2ccc(/C=N/NC(=O)C(=O)Nc3cccc(Cl)c3C)cc2)cc1. The highest BCUT2D eigenvalue weighted by atomic mass is 35.5. The number of hydrogen-bond acceptors (Lipinski definition) is 6. The lowest BCUT2D eigenvalue weighted by atomic mass is 10.2. The normalized spacial score (nSPS) is 10.6. The summed E-state index contributed by atoms with van der Waals surface area (Å²) < 4.78 is 10.7. The van der Waals surface area contributed by atoms with E-state index in [4.69, 9.17) is 21.1 Å². The van der Waals surface area contributed by atoms with Gasteiger partial charge in [0.2, 0.25) is 0 Å². The zero-order valence-electron chi connectivity index (χ0n) is 18.5. The molecule has 8 nitrogen and oxygen atoms in total. The second-order valence-electron chi connectivity index (χ2n) is 6.98. The molecule has 0 aliphatic rings. The van der Waals surface area contributed by atoms with Gasteiger partial charge in [-0.2, -0.15) is 5.10 Å². The van der Waals surface area contributed by atoms with Crippen LogP contribution in [0.5, 0.6) is 11.5 Å². The molecule has 0 radical (unpaired) electrons. The van der Waals surface area contributed by atoms with E-state index in [9.17, 15) is 14.4 Å². The summed E-state index contributed by atoms with van der Waals surface area (Å²) in [6.07, 6.45) is 1.36. The van der Waals surface area contributed by atoms with Crippen molar-refractivity contribution in [3.63, 3.8) is 0 Å². The maximum Gasteiger partial charge on any atom is 0.343 e. The Hall–Kier alpha value is -4.17. The number of rotatable bonds is 7. The Labute approximate surface area is 201 Å². The lowest BCUT2D eigenvalue weighted by Crippen LogP contribution is -2.32. The predicted molar refractivity (Wildman–Crippen MR) is 130 cm³/mol. The van der Waals surface area contributed by atoms with E-state index in [-0.39, 0.29) is 0 Å². The number of nitrogens with zero attached hydrogens (tertiary/aromatic N) is 1. The second-order valence-corrected chi connectivity index (χ2v) is 7.39. The van der Waals surface area contributed by atoms with Gasteiger partial charge in [0.1, 0.15) is 11.5 Å². The van der Waals surface area contributed by atoms with Gasteiger partial charge >= 0.3 is 17.8 Å². The first-order chi connectivity index (χ1) is 16.4. The molecule has 174 valence electrons. The molecule has 0 aliphatic carbocycles. The molecule has 0 aromatic heterocycles. The summed E-state index contributed by atoms with van der Waals surface area (Å²) in [6.45, 7) is 4.15. The van der Waals surface area contributed by atoms with E-state index in [2.05, 4.69) is 15.8 Å². The van der Waals surface area contributed by atoms with Crippen molar-refractivity contribution in [2.45, 2.75) is 13.8 Å². The van der Waals surface area contributed by atoms with Gasteiger partial charge in [0.05, 0.1) is 18.4 Å². The Bertz CT molecular complexity index is 1210. The van der Waals surface area contributed by atoms with Crippen molar-refractivity contribution in [2.24, 2.45) is 5.10 Å². The van der Waals surface area contributed by atoms with E-state index in [1.807, 2.05) is 6.92 Å². The molecular weight excluding hydrogens is 458 g/mol. The quantitative estimate of drug-likeness (QED) is 0.172. The molecule has 0 unspecified atom stereocenters. The number of nitrogens with one attached hydrogen (secondary N) is 2. The number of amides is 2. The molecule has 0 saturated carbocycles. The molecule has 0 bridgehead atoms. The van der Waals surface area contributed by atoms with Crippen LogP contribution in [-0.2, 0) is 9.59 Å². The Morgan fingerprint density at radius 3 is 2.29 bits per heavy atom. The average Bonchev–Trinajstić information content (AvgIpc) is 2.83. The summed E-state index contributed by atoms with van der Waals surface area (Å²) in [6, 6.07) is 18.1. The number of carbonyl (C=O) groups excluding carboxylic acids is 3. The van der Waals surface area contributed by atoms with E-state index in [0.717, 1.165) is 0 Å². The van der Waals surface area contributed by atoms with Crippen molar-refractivity contribution in [3.8, 4) is 11.5 Å². The molecule has 0 heterocycles. The van der Waals surface area contributed by atoms with Gasteiger partial charge in [-0.05, 0) is 85.6 Å². The summed E-state index contributed by atoms with van der Waals surface area (Å²) in [4.78, 5) is 36.3. The summed E-state index contributed by atoms with van der Waals surface area (Å²) in [5.74, 6) is -1.29. The first-order valence-corrected chi connectivity index (χ1v) is 10.7. The Balaban J connectivity index is 1.51. The molecule has 9 heteroatoms. The molecule has 0 spiro atoms. The van der Waals surface area contributed by atoms with Crippen LogP contribution in [-0.4, -0.2) is 30.6 Å². The molecule has 2 N–H and O–H groups in total. The van der Waals surface area contributed by atoms with Crippen molar-refractivity contribution in [1.29, 1.82) is 0 Å². The Kier molecular flexibility index (Phi) is 8.37. The zero-order chi connectivity index (χ0) is 24.5. The van der Waals surface area contributed by atoms with Gasteiger partial charge in [0, 0.05) is 10.7 Å². The molecule has 0 atom stereocenters. The molecule has 0 fully saturated rings. The minimum atomic E-state index is -0.934. The van der Waals surface area contributed by atoms with Crippen molar-refractivity contribution in [1.82, 2.24) is 5.43 Å². The van der Waals surface area contributed by atoms with Crippen LogP contribution < -0.4 is 20.2 Å². The lowest BCUT2D eigenvalue weighted by molar-refractivity contribution is -0.136. The highest BCUT2D eigenvalue weighted by Gasteiger charge is 2.14. The summed E-state index contributed by atoms with van der Waals surface area (Å²) in [5, 5.41) is 6.73. The Morgan fingerprint density at radius 2 is 1.62 bits per heavy atom. The molecule has 0 aliphatic heterocycles. The summed E-state index contributed by atoms with van der Waals surface area (Å²) in [7, 11) is 0. The number of benzene rings is 3. The third-order valence-corrected chi connectivity index (χ3v) is 5.00. The molecule has 3 rings (SSSR count). The van der Waals surface area contributed by atoms with Gasteiger partial charge < -0.3 is 14.8 Å². The number of carbonyl (C=O) groups is 3. The van der Waals surface area contributed by atoms with Gasteiger partial charge in [-0.1, -0.05) is 17.7 Å². The van der Waals surface area contributed by atoms with Crippen LogP contribution in [0.25, 0.3) is 0 Å². The van der Waals surface area contributed by atoms with Crippen molar-refractivity contribution in [3.05, 3.63) is 88.4 Å². The summed E-state index contributed by atoms with van der Waals surface area (Å²) >= 11 is 6.01. The second kappa shape index (κ2) is 11.6. The molecule has 34 heavy (non-hydrogen) atoms. The fourth-order valence-electron chi connectivity index (χ4n) is 2.78. The first kappa shape index (κ1) is 24.5. The van der Waals surface area contributed by atoms with E-state index < -0.39 is 17.8 Å². The Morgan fingerprint density at radius 1 is 0.941 bits per heavy atom. The van der Waals surface area contributed by atoms with E-state index in [1.54, 1.807) is 73.7 Å². The van der Waals surface area contributed by atoms with Crippen LogP contribution in [0.15, 0.2) is 71.8 Å². The first-order valence-electron chi connectivity index (χ1n) is 10.3. The van der Waals surface area contributed by atoms with Crippen molar-refractivity contribution in [2.75, 3.05) is 11.9 Å². The highest BCUT2D eigenvalue weighted by Crippen LogP contribution is 2.22. The highest BCUT2D eigenvalue weighted by molar-refractivity contribution is 6.40. The molecule has 0 saturated heterocycles. The number of ether oxygens (including phenoxy) is 2. The predicted octanol–water partition coefficient (Wildman–Crippen LogP) is 4.36. The fraction of sp³-hybridized carbons (Fsp3) is 0.120. The summed E-state index contributed by atoms with van der Waals surface area (Å²) in [5.41, 5.74) is 4.25. The number of anilines is 1. The number of esters is 1. The topological polar surface area (TPSA) is 106 Å². The third-order valence-electron chi connectivity index (χ3n) is 4.59. The van der Waals surface area contributed by atoms with Gasteiger partial charge in [0.15, 0.2) is 0 Å². The van der Waals surface area contributed by atoms with Gasteiger partial charge in [-0.3, -0.25) is 9.59 Å². The van der Waals surface area contributed by atoms with Gasteiger partial charge in [-0.15, -0.1) is 0 Å². The largest absolute Gasteiger partial charge is 0.494 e. The van der Waals surface area contributed by atoms with Crippen LogP contribution in [0, 0.1) is 6.92 Å². The smallest absolute Gasteiger partial charge is 0.343 e. The standard InChI is InChI=1S/C25H22ClN3O5/c1-3-33-19-13-9-18(10-14-19)25(32)34-20-11-7-17(8-12-20)15-27-29-24(31)23(30)28-22-6-4-5-21(26)16(22)2/h4-15H,3H2,1-2H3,(H,28,30)(H,29,31)/b27-15+. The molecular formula is C25H22ClN3O5. The van der Waals surface area contributed by atoms with Crippen LogP contribution in [0.1, 0.15) is 28.4 Å². The molecule has 3 aromatic carbocycles. The molecule has 3 aromatic rings. The van der Waals surface area contributed by atoms with Gasteiger partial charge in [-0.25, -0.2) is 10.2 Å². The third kappa shape index (κ3) is 6.66. The fourth-order valence-corrected chi connectivity index (χ4v) is 2.95. The minimum absolute atomic E-state index is 0.344. The minimum Gasteiger partial charge on any atom is -0.494 e. The van der Waals surface area contributed by atoms with E-state index in [0.29, 0.717) is 45.5 Å². The maximum absolute atomic E-state index is 12.3. The molecule has 2 amide bonds. The van der Waals surface area contributed by atoms with Crippen LogP contribution >= 0.6 is 11.6 Å². The van der Waals surface area contributed by atoms with Crippen LogP contribution in [0.4, 0.5) is 5.69 Å². The van der Waals surface area contributed by atoms with Crippen molar-refractivity contribution < 1.29 is 23.9 Å². The zero-order valence-corrected chi connectivity index (χ0v) is 19.3. The number of hydrogen-bond donors (Lipinski definition) is 2. The number of halogens is 1. The number of hydrazone groups is 1. The maximum atomic E-state index is 12.3. The van der Waals surface area contributed by atoms with Crippen LogP contribution in [0.3, 0.4) is 0 Å². The van der Waals surface area contributed by atoms with Gasteiger partial charge in [0.25, 0.3) is 0 Å².